The molecule has 8 heteroatoms. The summed E-state index contributed by atoms with van der Waals surface area (Å²) in [6.07, 6.45) is 6.30. The van der Waals surface area contributed by atoms with E-state index in [1.54, 1.807) is 6.26 Å². The number of nitrogens with zero attached hydrogens (tertiary/aromatic N) is 5. The van der Waals surface area contributed by atoms with Crippen LogP contribution in [0.15, 0.2) is 29.0 Å². The minimum absolute atomic E-state index is 0.0288. The number of carbonyl (C=O) groups excluding carboxylic acids is 1. The number of piperidine rings is 1. The molecule has 0 bridgehead atoms. The lowest BCUT2D eigenvalue weighted by atomic mass is 9.97. The summed E-state index contributed by atoms with van der Waals surface area (Å²) < 4.78 is 9.52. The normalized spacial score (nSPS) is 16.9. The van der Waals surface area contributed by atoms with E-state index in [1.165, 1.54) is 12.8 Å². The lowest BCUT2D eigenvalue weighted by molar-refractivity contribution is -0.121. The number of rotatable bonds is 8. The van der Waals surface area contributed by atoms with E-state index >= 15 is 0 Å². The van der Waals surface area contributed by atoms with E-state index in [2.05, 4.69) is 34.3 Å². The number of aromatic nitrogens is 4. The number of hydrogen-bond acceptors (Lipinski definition) is 5. The highest BCUT2D eigenvalue weighted by Gasteiger charge is 2.26. The number of furan rings is 1. The summed E-state index contributed by atoms with van der Waals surface area (Å²) in [6.45, 7) is 10.3. The molecule has 1 aliphatic heterocycles. The molecule has 3 aromatic heterocycles. The van der Waals surface area contributed by atoms with E-state index in [0.29, 0.717) is 19.5 Å². The van der Waals surface area contributed by atoms with Crippen molar-refractivity contribution in [3.63, 3.8) is 0 Å². The van der Waals surface area contributed by atoms with E-state index in [0.717, 1.165) is 48.0 Å². The predicted octanol–water partition coefficient (Wildman–Crippen LogP) is 3.13. The van der Waals surface area contributed by atoms with Crippen molar-refractivity contribution < 1.29 is 9.21 Å². The standard InChI is InChI=1S/C22H32N6O2/c1-4-27-19-15-24-28(22(19)17(3)25-27)12-9-21(29)23-14-18(20-6-5-13-30-20)26-10-7-16(2)8-11-26/h5-6,13,15-16,18H,4,7-12,14H2,1-3H3,(H,23,29). The first-order chi connectivity index (χ1) is 14.6. The average molecular weight is 413 g/mol. The minimum Gasteiger partial charge on any atom is -0.468 e. The monoisotopic (exact) mass is 412 g/mol. The topological polar surface area (TPSA) is 81.1 Å². The summed E-state index contributed by atoms with van der Waals surface area (Å²) in [5, 5.41) is 12.1. The van der Waals surface area contributed by atoms with Crippen LogP contribution in [0.25, 0.3) is 11.0 Å². The van der Waals surface area contributed by atoms with Crippen LogP contribution in [0.4, 0.5) is 0 Å². The number of fused-ring (bicyclic) bond motifs is 1. The number of nitrogens with one attached hydrogen (secondary N) is 1. The Kier molecular flexibility index (Phi) is 6.22. The van der Waals surface area contributed by atoms with Gasteiger partial charge in [0.25, 0.3) is 0 Å². The zero-order valence-corrected chi connectivity index (χ0v) is 18.2. The zero-order valence-electron chi connectivity index (χ0n) is 18.2. The smallest absolute Gasteiger partial charge is 0.221 e. The van der Waals surface area contributed by atoms with Gasteiger partial charge in [0.05, 0.1) is 30.7 Å². The van der Waals surface area contributed by atoms with Crippen LogP contribution in [0, 0.1) is 12.8 Å². The Balaban J connectivity index is 1.35. The fraction of sp³-hybridized carbons (Fsp3) is 0.591. The van der Waals surface area contributed by atoms with Crippen molar-refractivity contribution in [2.45, 2.75) is 59.2 Å². The summed E-state index contributed by atoms with van der Waals surface area (Å²) in [5.74, 6) is 1.71. The van der Waals surface area contributed by atoms with E-state index < -0.39 is 0 Å². The molecule has 1 fully saturated rings. The van der Waals surface area contributed by atoms with Crippen molar-refractivity contribution in [2.75, 3.05) is 19.6 Å². The van der Waals surface area contributed by atoms with Crippen LogP contribution in [0.2, 0.25) is 0 Å². The van der Waals surface area contributed by atoms with Crippen molar-refractivity contribution in [3.05, 3.63) is 36.0 Å². The lowest BCUT2D eigenvalue weighted by Crippen LogP contribution is -2.41. The molecule has 1 N–H and O–H groups in total. The van der Waals surface area contributed by atoms with Crippen molar-refractivity contribution >= 4 is 16.9 Å². The Morgan fingerprint density at radius 1 is 1.33 bits per heavy atom. The van der Waals surface area contributed by atoms with Crippen LogP contribution in [-0.4, -0.2) is 50.0 Å². The Bertz CT molecular complexity index is 965. The third-order valence-electron chi connectivity index (χ3n) is 6.19. The van der Waals surface area contributed by atoms with Gasteiger partial charge in [-0.25, -0.2) is 0 Å². The summed E-state index contributed by atoms with van der Waals surface area (Å²) in [5.41, 5.74) is 2.98. The first-order valence-electron chi connectivity index (χ1n) is 11.0. The first kappa shape index (κ1) is 20.7. The van der Waals surface area contributed by atoms with E-state index in [4.69, 9.17) is 4.42 Å². The molecule has 3 aromatic rings. The third-order valence-corrected chi connectivity index (χ3v) is 6.19. The fourth-order valence-electron chi connectivity index (χ4n) is 4.37. The van der Waals surface area contributed by atoms with Gasteiger partial charge in [0, 0.05) is 19.5 Å². The summed E-state index contributed by atoms with van der Waals surface area (Å²) in [4.78, 5) is 15.0. The summed E-state index contributed by atoms with van der Waals surface area (Å²) in [7, 11) is 0. The molecule has 0 aliphatic carbocycles. The van der Waals surface area contributed by atoms with Crippen LogP contribution in [0.1, 0.15) is 50.6 Å². The SMILES string of the molecule is CCn1nc(C)c2c1cnn2CCC(=O)NCC(c1ccco1)N1CCC(C)CC1. The van der Waals surface area contributed by atoms with Gasteiger partial charge in [-0.2, -0.15) is 10.2 Å². The highest BCUT2D eigenvalue weighted by atomic mass is 16.3. The van der Waals surface area contributed by atoms with Gasteiger partial charge in [0.15, 0.2) is 0 Å². The van der Waals surface area contributed by atoms with Gasteiger partial charge in [-0.05, 0) is 57.8 Å². The van der Waals surface area contributed by atoms with Crippen molar-refractivity contribution in [3.8, 4) is 0 Å². The highest BCUT2D eigenvalue weighted by Crippen LogP contribution is 2.26. The van der Waals surface area contributed by atoms with Crippen molar-refractivity contribution in [1.29, 1.82) is 0 Å². The molecule has 0 saturated carbocycles. The second-order valence-electron chi connectivity index (χ2n) is 8.31. The van der Waals surface area contributed by atoms with Gasteiger partial charge in [-0.1, -0.05) is 6.92 Å². The van der Waals surface area contributed by atoms with E-state index in [9.17, 15) is 4.79 Å². The second-order valence-corrected chi connectivity index (χ2v) is 8.31. The molecule has 4 rings (SSSR count). The van der Waals surface area contributed by atoms with Crippen LogP contribution < -0.4 is 5.32 Å². The van der Waals surface area contributed by atoms with Gasteiger partial charge in [-0.15, -0.1) is 0 Å². The number of carbonyl (C=O) groups is 1. The lowest BCUT2D eigenvalue weighted by Gasteiger charge is -2.35. The molecule has 1 saturated heterocycles. The molecule has 8 nitrogen and oxygen atoms in total. The van der Waals surface area contributed by atoms with Crippen LogP contribution in [-0.2, 0) is 17.9 Å². The van der Waals surface area contributed by atoms with Gasteiger partial charge in [-0.3, -0.25) is 19.1 Å². The van der Waals surface area contributed by atoms with Crippen LogP contribution >= 0.6 is 0 Å². The Labute approximate surface area is 177 Å². The molecule has 1 unspecified atom stereocenters. The van der Waals surface area contributed by atoms with E-state index in [-0.39, 0.29) is 11.9 Å². The zero-order chi connectivity index (χ0) is 21.1. The van der Waals surface area contributed by atoms with Gasteiger partial charge >= 0.3 is 0 Å². The molecular weight excluding hydrogens is 380 g/mol. The minimum atomic E-state index is 0.0288. The number of hydrogen-bond donors (Lipinski definition) is 1. The maximum atomic E-state index is 12.6. The quantitative estimate of drug-likeness (QED) is 0.615. The molecule has 0 radical (unpaired) electrons. The van der Waals surface area contributed by atoms with Crippen LogP contribution in [0.5, 0.6) is 0 Å². The van der Waals surface area contributed by atoms with Crippen LogP contribution in [0.3, 0.4) is 0 Å². The molecule has 30 heavy (non-hydrogen) atoms. The molecule has 1 amide bonds. The molecule has 1 atom stereocenters. The predicted molar refractivity (Wildman–Crippen MR) is 115 cm³/mol. The average Bonchev–Trinajstić information content (AvgIpc) is 3.47. The molecule has 0 spiro atoms. The Morgan fingerprint density at radius 3 is 2.83 bits per heavy atom. The molecule has 4 heterocycles. The second kappa shape index (κ2) is 9.04. The number of amides is 1. The molecule has 162 valence electrons. The van der Waals surface area contributed by atoms with Gasteiger partial charge in [0.2, 0.25) is 5.91 Å². The van der Waals surface area contributed by atoms with Crippen molar-refractivity contribution in [1.82, 2.24) is 29.8 Å². The Morgan fingerprint density at radius 2 is 2.13 bits per heavy atom. The summed E-state index contributed by atoms with van der Waals surface area (Å²) >= 11 is 0. The molecule has 0 aromatic carbocycles. The maximum Gasteiger partial charge on any atom is 0.221 e. The third kappa shape index (κ3) is 4.28. The fourth-order valence-corrected chi connectivity index (χ4v) is 4.37. The van der Waals surface area contributed by atoms with Gasteiger partial charge in [0.1, 0.15) is 16.8 Å². The first-order valence-corrected chi connectivity index (χ1v) is 11.0. The summed E-state index contributed by atoms with van der Waals surface area (Å²) in [6, 6.07) is 4.00. The largest absolute Gasteiger partial charge is 0.468 e. The van der Waals surface area contributed by atoms with Crippen molar-refractivity contribution in [2.24, 2.45) is 5.92 Å². The highest BCUT2D eigenvalue weighted by molar-refractivity contribution is 5.78. The maximum absolute atomic E-state index is 12.6. The van der Waals surface area contributed by atoms with E-state index in [1.807, 2.05) is 34.6 Å². The number of aryl methyl sites for hydroxylation is 3. The molecular formula is C22H32N6O2. The molecule has 1 aliphatic rings. The number of likely N-dealkylation sites (tertiary alicyclic amines) is 1. The Hall–Kier alpha value is -2.61. The van der Waals surface area contributed by atoms with Gasteiger partial charge < -0.3 is 9.73 Å².